The number of rotatable bonds is 8. The summed E-state index contributed by atoms with van der Waals surface area (Å²) < 4.78 is 2.36. The predicted octanol–water partition coefficient (Wildman–Crippen LogP) is 5.72. The standard InChI is InChI=1S/C27H35N5S/c1-6-17-31-26(25(29-27(31)33)24-11-9-10-16-28-24)23-18-19(4)32(20(23)5)22-14-12-21(13-15-22)30(7-2)8-3/h9-16,18,25-26H,6-8,17H2,1-5H3,(H,29,33)/t25-,26-/m1/s1. The van der Waals surface area contributed by atoms with Crippen molar-refractivity contribution in [1.82, 2.24) is 19.8 Å². The van der Waals surface area contributed by atoms with E-state index in [0.717, 1.165) is 36.9 Å². The zero-order chi connectivity index (χ0) is 23.5. The summed E-state index contributed by atoms with van der Waals surface area (Å²) in [5.74, 6) is 0. The van der Waals surface area contributed by atoms with Crippen molar-refractivity contribution in [3.05, 3.63) is 77.4 Å². The molecular weight excluding hydrogens is 426 g/mol. The van der Waals surface area contributed by atoms with Crippen LogP contribution in [0, 0.1) is 13.8 Å². The highest BCUT2D eigenvalue weighted by molar-refractivity contribution is 7.80. The molecule has 1 N–H and O–H groups in total. The van der Waals surface area contributed by atoms with Crippen molar-refractivity contribution < 1.29 is 0 Å². The van der Waals surface area contributed by atoms with Gasteiger partial charge >= 0.3 is 0 Å². The average molecular weight is 462 g/mol. The van der Waals surface area contributed by atoms with Crippen LogP contribution < -0.4 is 10.2 Å². The Balaban J connectivity index is 1.75. The minimum atomic E-state index is 0.0317. The summed E-state index contributed by atoms with van der Waals surface area (Å²) in [4.78, 5) is 9.37. The van der Waals surface area contributed by atoms with Gasteiger partial charge in [0.05, 0.1) is 17.8 Å². The van der Waals surface area contributed by atoms with Gasteiger partial charge in [0.1, 0.15) is 0 Å². The van der Waals surface area contributed by atoms with Crippen molar-refractivity contribution in [2.75, 3.05) is 24.5 Å². The van der Waals surface area contributed by atoms with Crippen molar-refractivity contribution in [3.63, 3.8) is 0 Å². The lowest BCUT2D eigenvalue weighted by Crippen LogP contribution is -2.30. The molecule has 2 aromatic heterocycles. The van der Waals surface area contributed by atoms with Crippen molar-refractivity contribution >= 4 is 23.0 Å². The van der Waals surface area contributed by atoms with Crippen LogP contribution in [0.2, 0.25) is 0 Å². The Hall–Kier alpha value is -2.86. The number of thiocarbonyl (C=S) groups is 1. The van der Waals surface area contributed by atoms with Crippen LogP contribution in [0.1, 0.15) is 61.9 Å². The number of benzene rings is 1. The maximum Gasteiger partial charge on any atom is 0.170 e. The van der Waals surface area contributed by atoms with E-state index < -0.39 is 0 Å². The lowest BCUT2D eigenvalue weighted by molar-refractivity contribution is 0.316. The van der Waals surface area contributed by atoms with Gasteiger partial charge < -0.3 is 19.7 Å². The molecule has 1 fully saturated rings. The summed E-state index contributed by atoms with van der Waals surface area (Å²) >= 11 is 5.77. The Morgan fingerprint density at radius 1 is 1.03 bits per heavy atom. The molecule has 0 bridgehead atoms. The molecule has 1 aromatic carbocycles. The number of aryl methyl sites for hydroxylation is 1. The molecule has 2 atom stereocenters. The van der Waals surface area contributed by atoms with Crippen LogP contribution in [0.25, 0.3) is 5.69 Å². The minimum Gasteiger partial charge on any atom is -0.372 e. The third-order valence-corrected chi connectivity index (χ3v) is 7.04. The van der Waals surface area contributed by atoms with Gasteiger partial charge in [-0.05, 0) is 94.4 Å². The van der Waals surface area contributed by atoms with E-state index in [0.29, 0.717) is 0 Å². The number of hydrogen-bond acceptors (Lipinski definition) is 3. The molecule has 5 nitrogen and oxygen atoms in total. The van der Waals surface area contributed by atoms with Crippen LogP contribution >= 0.6 is 12.2 Å². The van der Waals surface area contributed by atoms with E-state index in [1.807, 2.05) is 18.3 Å². The molecule has 1 aliphatic rings. The highest BCUT2D eigenvalue weighted by atomic mass is 32.1. The Morgan fingerprint density at radius 2 is 1.76 bits per heavy atom. The Kier molecular flexibility index (Phi) is 7.03. The Labute approximate surface area is 203 Å². The molecule has 3 heterocycles. The zero-order valence-corrected chi connectivity index (χ0v) is 21.2. The molecule has 4 rings (SSSR count). The second-order valence-electron chi connectivity index (χ2n) is 8.67. The van der Waals surface area contributed by atoms with E-state index in [9.17, 15) is 0 Å². The second kappa shape index (κ2) is 9.96. The molecular formula is C27H35N5S. The third kappa shape index (κ3) is 4.36. The molecule has 6 heteroatoms. The van der Waals surface area contributed by atoms with E-state index >= 15 is 0 Å². The van der Waals surface area contributed by atoms with Gasteiger partial charge in [0.15, 0.2) is 5.11 Å². The molecule has 0 saturated carbocycles. The summed E-state index contributed by atoms with van der Waals surface area (Å²) in [6, 6.07) is 17.5. The number of nitrogens with one attached hydrogen (secondary N) is 1. The van der Waals surface area contributed by atoms with E-state index in [1.54, 1.807) is 0 Å². The van der Waals surface area contributed by atoms with Gasteiger partial charge in [0, 0.05) is 48.6 Å². The van der Waals surface area contributed by atoms with Crippen LogP contribution in [-0.4, -0.2) is 39.2 Å². The number of aromatic nitrogens is 2. The predicted molar refractivity (Wildman–Crippen MR) is 141 cm³/mol. The van der Waals surface area contributed by atoms with Gasteiger partial charge in [-0.2, -0.15) is 0 Å². The van der Waals surface area contributed by atoms with E-state index in [2.05, 4.69) is 95.7 Å². The fraction of sp³-hybridized carbons (Fsp3) is 0.407. The van der Waals surface area contributed by atoms with Crippen LogP contribution in [-0.2, 0) is 0 Å². The highest BCUT2D eigenvalue weighted by Gasteiger charge is 2.40. The SMILES string of the molecule is CCCN1C(=S)N[C@H](c2ccccn2)[C@H]1c1cc(C)n(-c2ccc(N(CC)CC)cc2)c1C. The van der Waals surface area contributed by atoms with E-state index in [4.69, 9.17) is 12.2 Å². The topological polar surface area (TPSA) is 36.3 Å². The van der Waals surface area contributed by atoms with Crippen LogP contribution in [0.5, 0.6) is 0 Å². The van der Waals surface area contributed by atoms with Crippen molar-refractivity contribution in [2.45, 2.75) is 53.1 Å². The quantitative estimate of drug-likeness (QED) is 0.434. The first kappa shape index (κ1) is 23.3. The number of hydrogen-bond donors (Lipinski definition) is 1. The molecule has 0 radical (unpaired) electrons. The van der Waals surface area contributed by atoms with E-state index in [1.165, 1.54) is 28.3 Å². The lowest BCUT2D eigenvalue weighted by Gasteiger charge is -2.28. The Morgan fingerprint density at radius 3 is 2.36 bits per heavy atom. The van der Waals surface area contributed by atoms with Crippen molar-refractivity contribution in [2.24, 2.45) is 0 Å². The summed E-state index contributed by atoms with van der Waals surface area (Å²) in [6.07, 6.45) is 2.90. The number of pyridine rings is 1. The van der Waals surface area contributed by atoms with Crippen LogP contribution in [0.15, 0.2) is 54.7 Å². The van der Waals surface area contributed by atoms with Gasteiger partial charge in [-0.1, -0.05) is 13.0 Å². The third-order valence-electron chi connectivity index (χ3n) is 6.69. The molecule has 0 spiro atoms. The zero-order valence-electron chi connectivity index (χ0n) is 20.4. The van der Waals surface area contributed by atoms with Crippen molar-refractivity contribution in [1.29, 1.82) is 0 Å². The first-order valence-corrected chi connectivity index (χ1v) is 12.4. The maximum atomic E-state index is 5.77. The van der Waals surface area contributed by atoms with Crippen molar-refractivity contribution in [3.8, 4) is 5.69 Å². The minimum absolute atomic E-state index is 0.0317. The molecule has 0 unspecified atom stereocenters. The van der Waals surface area contributed by atoms with Crippen LogP contribution in [0.4, 0.5) is 5.69 Å². The summed E-state index contributed by atoms with van der Waals surface area (Å²) in [7, 11) is 0. The monoisotopic (exact) mass is 461 g/mol. The van der Waals surface area contributed by atoms with Gasteiger partial charge in [-0.15, -0.1) is 0 Å². The highest BCUT2D eigenvalue weighted by Crippen LogP contribution is 2.41. The molecule has 1 saturated heterocycles. The fourth-order valence-electron chi connectivity index (χ4n) is 5.11. The summed E-state index contributed by atoms with van der Waals surface area (Å²) in [5.41, 5.74) is 7.26. The van der Waals surface area contributed by atoms with Crippen LogP contribution in [0.3, 0.4) is 0 Å². The lowest BCUT2D eigenvalue weighted by atomic mass is 9.96. The first-order chi connectivity index (χ1) is 16.0. The molecule has 33 heavy (non-hydrogen) atoms. The number of nitrogens with zero attached hydrogens (tertiary/aromatic N) is 4. The van der Waals surface area contributed by atoms with E-state index in [-0.39, 0.29) is 12.1 Å². The summed E-state index contributed by atoms with van der Waals surface area (Å²) in [6.45, 7) is 14.0. The van der Waals surface area contributed by atoms with Gasteiger partial charge in [0.2, 0.25) is 0 Å². The fourth-order valence-corrected chi connectivity index (χ4v) is 5.44. The molecule has 1 aliphatic heterocycles. The second-order valence-corrected chi connectivity index (χ2v) is 9.06. The number of anilines is 1. The smallest absolute Gasteiger partial charge is 0.170 e. The largest absolute Gasteiger partial charge is 0.372 e. The maximum absolute atomic E-state index is 5.77. The molecule has 0 aliphatic carbocycles. The molecule has 3 aromatic rings. The molecule has 0 amide bonds. The first-order valence-electron chi connectivity index (χ1n) is 12.0. The summed E-state index contributed by atoms with van der Waals surface area (Å²) in [5, 5.41) is 4.37. The van der Waals surface area contributed by atoms with Gasteiger partial charge in [-0.25, -0.2) is 0 Å². The van der Waals surface area contributed by atoms with Gasteiger partial charge in [0.25, 0.3) is 0 Å². The molecule has 174 valence electrons. The Bertz CT molecular complexity index is 1090. The van der Waals surface area contributed by atoms with Gasteiger partial charge in [-0.3, -0.25) is 4.98 Å². The average Bonchev–Trinajstić information content (AvgIpc) is 3.31. The normalized spacial score (nSPS) is 18.0.